The van der Waals surface area contributed by atoms with Gasteiger partial charge >= 0.3 is 11.9 Å². The number of esters is 2. The van der Waals surface area contributed by atoms with E-state index < -0.39 is 55.4 Å². The van der Waals surface area contributed by atoms with Gasteiger partial charge in [-0.2, -0.15) is 0 Å². The first kappa shape index (κ1) is 59.9. The largest absolute Gasteiger partial charge is 0.462 e. The number of aliphatic hydroxyl groups excluding tert-OH is 4. The SMILES string of the molecule is CC/C=C/C/C=C/C/C=C/C/C=C/C/C=C/CCCC(=O)OC[C@H](CO[C@@H]1O[C@H](CO)[C@H](O)C(O)C1O)OC(=O)CCC/C=C/CC/C=C/CCCCCCCCCCCCCCCC. The quantitative estimate of drug-likeness (QED) is 0.0265. The molecule has 0 aromatic carbocycles. The molecule has 10 heteroatoms. The molecule has 1 aliphatic heterocycles. The lowest BCUT2D eigenvalue weighted by molar-refractivity contribution is -0.305. The number of rotatable bonds is 42. The third-order valence-electron chi connectivity index (χ3n) is 11.2. The number of carbonyl (C=O) groups excluding carboxylic acids is 2. The van der Waals surface area contributed by atoms with Crippen LogP contribution >= 0.6 is 0 Å². The molecule has 372 valence electrons. The minimum absolute atomic E-state index is 0.154. The van der Waals surface area contributed by atoms with E-state index in [1.807, 2.05) is 6.08 Å². The van der Waals surface area contributed by atoms with Gasteiger partial charge in [-0.05, 0) is 83.5 Å². The molecular formula is C55H92O10. The van der Waals surface area contributed by atoms with Crippen LogP contribution in [0.4, 0.5) is 0 Å². The van der Waals surface area contributed by atoms with E-state index in [2.05, 4.69) is 92.8 Å². The third kappa shape index (κ3) is 35.7. The van der Waals surface area contributed by atoms with E-state index in [9.17, 15) is 30.0 Å². The summed E-state index contributed by atoms with van der Waals surface area (Å²) in [6.45, 7) is 3.22. The van der Waals surface area contributed by atoms with Crippen LogP contribution in [0, 0.1) is 0 Å². The van der Waals surface area contributed by atoms with Gasteiger partial charge in [-0.1, -0.05) is 182 Å². The smallest absolute Gasteiger partial charge is 0.306 e. The fourth-order valence-corrected chi connectivity index (χ4v) is 7.24. The second kappa shape index (κ2) is 44.7. The van der Waals surface area contributed by atoms with Crippen LogP contribution in [-0.4, -0.2) is 89.0 Å². The first-order valence-corrected chi connectivity index (χ1v) is 25.7. The van der Waals surface area contributed by atoms with Crippen molar-refractivity contribution in [2.45, 2.75) is 230 Å². The molecule has 1 aliphatic rings. The van der Waals surface area contributed by atoms with E-state index in [-0.39, 0.29) is 26.1 Å². The third-order valence-corrected chi connectivity index (χ3v) is 11.2. The molecule has 1 saturated heterocycles. The van der Waals surface area contributed by atoms with Crippen LogP contribution in [0.25, 0.3) is 0 Å². The Morgan fingerprint density at radius 2 is 0.923 bits per heavy atom. The van der Waals surface area contributed by atoms with E-state index in [1.165, 1.54) is 89.9 Å². The van der Waals surface area contributed by atoms with Gasteiger partial charge in [-0.25, -0.2) is 0 Å². The molecule has 0 aromatic heterocycles. The summed E-state index contributed by atoms with van der Waals surface area (Å²) < 4.78 is 22.1. The van der Waals surface area contributed by atoms with Crippen LogP contribution in [0.2, 0.25) is 0 Å². The topological polar surface area (TPSA) is 152 Å². The van der Waals surface area contributed by atoms with Gasteiger partial charge in [0.15, 0.2) is 12.4 Å². The highest BCUT2D eigenvalue weighted by Crippen LogP contribution is 2.22. The summed E-state index contributed by atoms with van der Waals surface area (Å²) in [5.41, 5.74) is 0. The molecule has 1 fully saturated rings. The highest BCUT2D eigenvalue weighted by molar-refractivity contribution is 5.70. The Morgan fingerprint density at radius 1 is 0.492 bits per heavy atom. The maximum atomic E-state index is 12.8. The van der Waals surface area contributed by atoms with Crippen LogP contribution < -0.4 is 0 Å². The Morgan fingerprint density at radius 3 is 1.43 bits per heavy atom. The van der Waals surface area contributed by atoms with Gasteiger partial charge in [0.2, 0.25) is 0 Å². The van der Waals surface area contributed by atoms with Crippen molar-refractivity contribution in [3.63, 3.8) is 0 Å². The molecule has 0 aliphatic carbocycles. The summed E-state index contributed by atoms with van der Waals surface area (Å²) in [6, 6.07) is 0. The highest BCUT2D eigenvalue weighted by atomic mass is 16.7. The summed E-state index contributed by atoms with van der Waals surface area (Å²) in [5, 5.41) is 40.2. The molecule has 6 atom stereocenters. The van der Waals surface area contributed by atoms with Crippen molar-refractivity contribution in [3.05, 3.63) is 85.1 Å². The zero-order valence-electron chi connectivity index (χ0n) is 40.7. The van der Waals surface area contributed by atoms with E-state index in [4.69, 9.17) is 18.9 Å². The number of carbonyl (C=O) groups is 2. The Labute approximate surface area is 395 Å². The second-order valence-corrected chi connectivity index (χ2v) is 17.2. The monoisotopic (exact) mass is 913 g/mol. The van der Waals surface area contributed by atoms with Crippen molar-refractivity contribution in [2.24, 2.45) is 0 Å². The normalized spacial score (nSPS) is 20.0. The van der Waals surface area contributed by atoms with E-state index in [0.717, 1.165) is 57.8 Å². The average Bonchev–Trinajstić information content (AvgIpc) is 3.30. The van der Waals surface area contributed by atoms with Gasteiger partial charge in [0.05, 0.1) is 13.2 Å². The lowest BCUT2D eigenvalue weighted by atomic mass is 9.99. The molecule has 0 aromatic rings. The van der Waals surface area contributed by atoms with Crippen LogP contribution in [0.15, 0.2) is 85.1 Å². The van der Waals surface area contributed by atoms with Crippen molar-refractivity contribution >= 4 is 11.9 Å². The summed E-state index contributed by atoms with van der Waals surface area (Å²) in [4.78, 5) is 25.4. The van der Waals surface area contributed by atoms with Crippen molar-refractivity contribution in [2.75, 3.05) is 19.8 Å². The van der Waals surface area contributed by atoms with Crippen LogP contribution in [0.5, 0.6) is 0 Å². The first-order chi connectivity index (χ1) is 31.8. The van der Waals surface area contributed by atoms with Gasteiger partial charge in [0.1, 0.15) is 31.0 Å². The number of hydrogen-bond acceptors (Lipinski definition) is 10. The first-order valence-electron chi connectivity index (χ1n) is 25.7. The summed E-state index contributed by atoms with van der Waals surface area (Å²) >= 11 is 0. The standard InChI is InChI=1S/C55H92O10/c1-3-5-7-9-11-13-15-17-19-21-22-23-24-25-26-28-30-32-34-36-38-40-42-44-51(58)64-48(47-63-55-54(61)53(60)52(59)49(45-56)65-55)46-62-50(57)43-41-39-37-35-33-31-29-27-20-18-16-14-12-10-8-6-4-2/h6,8,12,14,18,20,28-31,35-38,48-49,52-56,59-61H,3-5,7,9-11,13,15-17,19,21-27,32-34,39-47H2,1-2H3/b8-6+,14-12+,20-18+,30-28+,31-29+,37-35+,38-36+/t48-,49-,52+,53?,54?,55-/m1/s1. The van der Waals surface area contributed by atoms with E-state index in [0.29, 0.717) is 19.3 Å². The highest BCUT2D eigenvalue weighted by Gasteiger charge is 2.44. The lowest BCUT2D eigenvalue weighted by Gasteiger charge is -2.39. The number of allylic oxidation sites excluding steroid dienone is 14. The van der Waals surface area contributed by atoms with Crippen molar-refractivity contribution < 1.29 is 49.0 Å². The summed E-state index contributed by atoms with van der Waals surface area (Å²) in [6.07, 6.45) is 51.9. The summed E-state index contributed by atoms with van der Waals surface area (Å²) in [7, 11) is 0. The molecule has 65 heavy (non-hydrogen) atoms. The molecular weight excluding hydrogens is 821 g/mol. The second-order valence-electron chi connectivity index (χ2n) is 17.2. The predicted molar refractivity (Wildman–Crippen MR) is 265 cm³/mol. The zero-order valence-corrected chi connectivity index (χ0v) is 40.7. The van der Waals surface area contributed by atoms with Crippen molar-refractivity contribution in [1.82, 2.24) is 0 Å². The number of aliphatic hydroxyl groups is 4. The molecule has 0 bridgehead atoms. The maximum absolute atomic E-state index is 12.8. The van der Waals surface area contributed by atoms with Gasteiger partial charge < -0.3 is 39.4 Å². The maximum Gasteiger partial charge on any atom is 0.306 e. The molecule has 1 rings (SSSR count). The zero-order chi connectivity index (χ0) is 47.3. The van der Waals surface area contributed by atoms with Crippen LogP contribution in [0.3, 0.4) is 0 Å². The molecule has 0 radical (unpaired) electrons. The number of unbranched alkanes of at least 4 members (excludes halogenated alkanes) is 17. The lowest BCUT2D eigenvalue weighted by Crippen LogP contribution is -2.59. The van der Waals surface area contributed by atoms with Gasteiger partial charge in [0.25, 0.3) is 0 Å². The fraction of sp³-hybridized carbons (Fsp3) is 0.709. The summed E-state index contributed by atoms with van der Waals surface area (Å²) in [5.74, 6) is -0.928. The van der Waals surface area contributed by atoms with Crippen molar-refractivity contribution in [1.29, 1.82) is 0 Å². The number of hydrogen-bond donors (Lipinski definition) is 4. The average molecular weight is 913 g/mol. The minimum atomic E-state index is -1.62. The minimum Gasteiger partial charge on any atom is -0.462 e. The van der Waals surface area contributed by atoms with Gasteiger partial charge in [-0.15, -0.1) is 0 Å². The fourth-order valence-electron chi connectivity index (χ4n) is 7.24. The Balaban J connectivity index is 2.33. The molecule has 2 unspecified atom stereocenters. The van der Waals surface area contributed by atoms with Gasteiger partial charge in [-0.3, -0.25) is 9.59 Å². The van der Waals surface area contributed by atoms with Crippen LogP contribution in [0.1, 0.15) is 194 Å². The Bertz CT molecular complexity index is 1330. The van der Waals surface area contributed by atoms with E-state index in [1.54, 1.807) is 0 Å². The molecule has 1 heterocycles. The Kier molecular flexibility index (Phi) is 41.2. The molecule has 0 amide bonds. The molecule has 10 nitrogen and oxygen atoms in total. The van der Waals surface area contributed by atoms with Crippen LogP contribution in [-0.2, 0) is 28.5 Å². The molecule has 0 spiro atoms. The van der Waals surface area contributed by atoms with Gasteiger partial charge in [0, 0.05) is 12.8 Å². The van der Waals surface area contributed by atoms with Crippen molar-refractivity contribution in [3.8, 4) is 0 Å². The molecule has 0 saturated carbocycles. The van der Waals surface area contributed by atoms with E-state index >= 15 is 0 Å². The predicted octanol–water partition coefficient (Wildman–Crippen LogP) is 12.1. The number of ether oxygens (including phenoxy) is 4. The Hall–Kier alpha value is -3.12. The molecule has 4 N–H and O–H groups in total.